The molecule has 0 radical (unpaired) electrons. The van der Waals surface area contributed by atoms with Gasteiger partial charge < -0.3 is 10.4 Å². The summed E-state index contributed by atoms with van der Waals surface area (Å²) in [7, 11) is 0. The molecule has 1 heterocycles. The number of nitro groups is 1. The Kier molecular flexibility index (Phi) is 4.30. The molecule has 0 unspecified atom stereocenters. The monoisotopic (exact) mass is 320 g/mol. The van der Waals surface area contributed by atoms with Crippen LogP contribution in [0, 0.1) is 10.1 Å². The van der Waals surface area contributed by atoms with Gasteiger partial charge in [-0.15, -0.1) is 0 Å². The normalized spacial score (nSPS) is 11.4. The molecule has 0 aliphatic heterocycles. The number of carboxylic acids is 1. The molecule has 0 fully saturated rings. The number of aliphatic carboxylic acids is 1. The van der Waals surface area contributed by atoms with Crippen molar-refractivity contribution in [1.29, 1.82) is 0 Å². The molecule has 0 saturated heterocycles. The quantitative estimate of drug-likeness (QED) is 0.548. The number of carboxylic acid groups (broad SMARTS) is 1. The number of hydrogen-bond acceptors (Lipinski definition) is 5. The summed E-state index contributed by atoms with van der Waals surface area (Å²) in [5.41, 5.74) is -0.351. The zero-order valence-electron chi connectivity index (χ0n) is 12.6. The van der Waals surface area contributed by atoms with Gasteiger partial charge in [-0.1, -0.05) is 0 Å². The van der Waals surface area contributed by atoms with Crippen LogP contribution in [-0.2, 0) is 4.79 Å². The average Bonchev–Trinajstić information content (AvgIpc) is 2.87. The van der Waals surface area contributed by atoms with Crippen LogP contribution in [0.4, 0.5) is 5.69 Å². The van der Waals surface area contributed by atoms with Gasteiger partial charge in [-0.25, -0.2) is 0 Å². The SMILES string of the molecule is CC(C)(CCC(=O)O)NC(=O)c1n[nH]c2ccc([N+](=O)[O-])cc12. The lowest BCUT2D eigenvalue weighted by molar-refractivity contribution is -0.384. The predicted octanol–water partition coefficient (Wildman–Crippen LogP) is 1.84. The topological polar surface area (TPSA) is 138 Å². The van der Waals surface area contributed by atoms with Crippen LogP contribution in [0.3, 0.4) is 0 Å². The number of hydrogen-bond donors (Lipinski definition) is 3. The molecule has 0 saturated carbocycles. The van der Waals surface area contributed by atoms with Gasteiger partial charge in [0.1, 0.15) is 0 Å². The van der Waals surface area contributed by atoms with Crippen molar-refractivity contribution in [3.63, 3.8) is 0 Å². The molecule has 1 aromatic carbocycles. The Morgan fingerprint density at radius 3 is 2.74 bits per heavy atom. The van der Waals surface area contributed by atoms with Crippen LogP contribution in [0.25, 0.3) is 10.9 Å². The zero-order valence-corrected chi connectivity index (χ0v) is 12.6. The Balaban J connectivity index is 2.25. The fourth-order valence-electron chi connectivity index (χ4n) is 2.14. The molecule has 3 N–H and O–H groups in total. The molecule has 1 aromatic heterocycles. The number of benzene rings is 1. The van der Waals surface area contributed by atoms with Gasteiger partial charge in [-0.3, -0.25) is 24.8 Å². The van der Waals surface area contributed by atoms with Crippen molar-refractivity contribution in [2.45, 2.75) is 32.2 Å². The zero-order chi connectivity index (χ0) is 17.2. The molecule has 2 rings (SSSR count). The Bertz CT molecular complexity index is 781. The van der Waals surface area contributed by atoms with E-state index in [9.17, 15) is 19.7 Å². The molecular formula is C14H16N4O5. The molecule has 0 aliphatic carbocycles. The van der Waals surface area contributed by atoms with E-state index in [-0.39, 0.29) is 24.2 Å². The predicted molar refractivity (Wildman–Crippen MR) is 81.2 cm³/mol. The average molecular weight is 320 g/mol. The number of aromatic amines is 1. The van der Waals surface area contributed by atoms with Crippen molar-refractivity contribution < 1.29 is 19.6 Å². The first-order valence-corrected chi connectivity index (χ1v) is 6.86. The van der Waals surface area contributed by atoms with Crippen LogP contribution in [0.5, 0.6) is 0 Å². The van der Waals surface area contributed by atoms with Gasteiger partial charge in [0.05, 0.1) is 10.4 Å². The Hall–Kier alpha value is -2.97. The molecule has 9 nitrogen and oxygen atoms in total. The smallest absolute Gasteiger partial charge is 0.303 e. The summed E-state index contributed by atoms with van der Waals surface area (Å²) in [5, 5.41) is 29.2. The van der Waals surface area contributed by atoms with Gasteiger partial charge in [0.25, 0.3) is 11.6 Å². The van der Waals surface area contributed by atoms with Gasteiger partial charge in [-0.2, -0.15) is 5.10 Å². The number of aromatic nitrogens is 2. The highest BCUT2D eigenvalue weighted by atomic mass is 16.6. The fraction of sp³-hybridized carbons (Fsp3) is 0.357. The summed E-state index contributed by atoms with van der Waals surface area (Å²) in [4.78, 5) is 33.3. The van der Waals surface area contributed by atoms with E-state index in [2.05, 4.69) is 15.5 Å². The number of nitrogens with one attached hydrogen (secondary N) is 2. The molecule has 0 atom stereocenters. The Labute approximate surface area is 130 Å². The Morgan fingerprint density at radius 2 is 2.13 bits per heavy atom. The summed E-state index contributed by atoms with van der Waals surface area (Å²) in [6.07, 6.45) is 0.163. The number of fused-ring (bicyclic) bond motifs is 1. The summed E-state index contributed by atoms with van der Waals surface area (Å²) < 4.78 is 0. The van der Waals surface area contributed by atoms with Crippen molar-refractivity contribution in [3.05, 3.63) is 34.0 Å². The lowest BCUT2D eigenvalue weighted by Crippen LogP contribution is -2.43. The van der Waals surface area contributed by atoms with Crippen molar-refractivity contribution in [1.82, 2.24) is 15.5 Å². The third kappa shape index (κ3) is 3.82. The van der Waals surface area contributed by atoms with Crippen LogP contribution >= 0.6 is 0 Å². The number of carbonyl (C=O) groups is 2. The minimum Gasteiger partial charge on any atom is -0.481 e. The maximum absolute atomic E-state index is 12.4. The summed E-state index contributed by atoms with van der Waals surface area (Å²) in [5.74, 6) is -1.47. The van der Waals surface area contributed by atoms with Crippen LogP contribution in [0.2, 0.25) is 0 Å². The molecule has 122 valence electrons. The molecule has 9 heteroatoms. The van der Waals surface area contributed by atoms with Crippen molar-refractivity contribution >= 4 is 28.5 Å². The minimum absolute atomic E-state index is 0.0344. The second-order valence-electron chi connectivity index (χ2n) is 5.79. The lowest BCUT2D eigenvalue weighted by Gasteiger charge is -2.25. The van der Waals surface area contributed by atoms with E-state index in [1.807, 2.05) is 0 Å². The highest BCUT2D eigenvalue weighted by molar-refractivity contribution is 6.05. The van der Waals surface area contributed by atoms with Gasteiger partial charge in [0.15, 0.2) is 5.69 Å². The molecule has 0 bridgehead atoms. The van der Waals surface area contributed by atoms with Crippen LogP contribution in [0.15, 0.2) is 18.2 Å². The number of rotatable bonds is 6. The third-order valence-corrected chi connectivity index (χ3v) is 3.39. The van der Waals surface area contributed by atoms with E-state index in [4.69, 9.17) is 5.11 Å². The first kappa shape index (κ1) is 16.4. The van der Waals surface area contributed by atoms with E-state index in [0.717, 1.165) is 0 Å². The summed E-state index contributed by atoms with van der Waals surface area (Å²) in [6.45, 7) is 3.40. The van der Waals surface area contributed by atoms with Gasteiger partial charge in [-0.05, 0) is 26.3 Å². The molecule has 1 amide bonds. The summed E-state index contributed by atoms with van der Waals surface area (Å²) in [6, 6.07) is 4.07. The number of nitro benzene ring substituents is 1. The number of H-pyrrole nitrogens is 1. The number of nitrogens with zero attached hydrogens (tertiary/aromatic N) is 2. The van der Waals surface area contributed by atoms with Crippen LogP contribution in [0.1, 0.15) is 37.2 Å². The molecule has 2 aromatic rings. The molecular weight excluding hydrogens is 304 g/mol. The molecule has 23 heavy (non-hydrogen) atoms. The van der Waals surface area contributed by atoms with E-state index in [1.54, 1.807) is 13.8 Å². The lowest BCUT2D eigenvalue weighted by atomic mass is 9.98. The molecule has 0 spiro atoms. The first-order chi connectivity index (χ1) is 10.7. The summed E-state index contributed by atoms with van der Waals surface area (Å²) >= 11 is 0. The largest absolute Gasteiger partial charge is 0.481 e. The van der Waals surface area contributed by atoms with Crippen molar-refractivity contribution in [2.24, 2.45) is 0 Å². The number of amides is 1. The van der Waals surface area contributed by atoms with Crippen LogP contribution < -0.4 is 5.32 Å². The highest BCUT2D eigenvalue weighted by Crippen LogP contribution is 2.23. The van der Waals surface area contributed by atoms with Crippen LogP contribution in [-0.4, -0.2) is 37.6 Å². The minimum atomic E-state index is -0.951. The second kappa shape index (κ2) is 6.03. The third-order valence-electron chi connectivity index (χ3n) is 3.39. The van der Waals surface area contributed by atoms with E-state index >= 15 is 0 Å². The maximum Gasteiger partial charge on any atom is 0.303 e. The second-order valence-corrected chi connectivity index (χ2v) is 5.79. The van der Waals surface area contributed by atoms with E-state index < -0.39 is 22.3 Å². The number of non-ortho nitro benzene ring substituents is 1. The maximum atomic E-state index is 12.4. The van der Waals surface area contributed by atoms with Crippen molar-refractivity contribution in [2.75, 3.05) is 0 Å². The van der Waals surface area contributed by atoms with Gasteiger partial charge in [0.2, 0.25) is 0 Å². The van der Waals surface area contributed by atoms with E-state index in [1.165, 1.54) is 18.2 Å². The van der Waals surface area contributed by atoms with E-state index in [0.29, 0.717) is 10.9 Å². The van der Waals surface area contributed by atoms with Gasteiger partial charge >= 0.3 is 5.97 Å². The first-order valence-electron chi connectivity index (χ1n) is 6.86. The fourth-order valence-corrected chi connectivity index (χ4v) is 2.14. The van der Waals surface area contributed by atoms with Crippen molar-refractivity contribution in [3.8, 4) is 0 Å². The Morgan fingerprint density at radius 1 is 1.43 bits per heavy atom. The highest BCUT2D eigenvalue weighted by Gasteiger charge is 2.25. The molecule has 0 aliphatic rings. The standard InChI is InChI=1S/C14H16N4O5/c1-14(2,6-5-11(19)20)15-13(21)12-9-7-8(18(22)23)3-4-10(9)16-17-12/h3-4,7H,5-6H2,1-2H3,(H,15,21)(H,16,17)(H,19,20). The number of carbonyl (C=O) groups excluding carboxylic acids is 1. The van der Waals surface area contributed by atoms with Gasteiger partial charge in [0, 0.05) is 29.5 Å².